The molecular weight excluding hydrogens is 293 g/mol. The Hall–Kier alpha value is -0.730. The average Bonchev–Trinajstić information content (AvgIpc) is 3.00. The normalized spacial score (nSPS) is 27.8. The van der Waals surface area contributed by atoms with E-state index >= 15 is 0 Å². The predicted octanol–water partition coefficient (Wildman–Crippen LogP) is 4.44. The molecule has 2 aliphatic carbocycles. The molecule has 0 unspecified atom stereocenters. The molecule has 20 heavy (non-hydrogen) atoms. The number of rotatable bonds is 4. The fourth-order valence-corrected chi connectivity index (χ4v) is 4.27. The highest BCUT2D eigenvalue weighted by atomic mass is 35.5. The lowest BCUT2D eigenvalue weighted by Gasteiger charge is -2.21. The first kappa shape index (κ1) is 14.2. The molecule has 0 aromatic heterocycles. The molecule has 1 amide bonds. The van der Waals surface area contributed by atoms with Crippen molar-refractivity contribution in [3.8, 4) is 0 Å². The number of carbonyl (C=O) groups is 1. The summed E-state index contributed by atoms with van der Waals surface area (Å²) < 4.78 is 0. The Morgan fingerprint density at radius 3 is 2.75 bits per heavy atom. The number of nitrogens with one attached hydrogen (secondary N) is 1. The summed E-state index contributed by atoms with van der Waals surface area (Å²) in [5.74, 6) is 2.44. The van der Waals surface area contributed by atoms with Gasteiger partial charge in [-0.05, 0) is 54.7 Å². The Labute approximate surface area is 129 Å². The molecular formula is C16H19Cl2NO. The SMILES string of the molecule is O=C(C[C@@H]1C[C@@H]2CC[C@H]1C2)NCc1ccc(Cl)cc1Cl. The van der Waals surface area contributed by atoms with E-state index in [1.165, 1.54) is 25.7 Å². The van der Waals surface area contributed by atoms with E-state index in [0.29, 0.717) is 28.9 Å². The Balaban J connectivity index is 1.49. The van der Waals surface area contributed by atoms with Gasteiger partial charge < -0.3 is 5.32 Å². The molecule has 3 rings (SSSR count). The molecule has 0 spiro atoms. The number of halogens is 2. The van der Waals surface area contributed by atoms with Crippen molar-refractivity contribution >= 4 is 29.1 Å². The van der Waals surface area contributed by atoms with Crippen molar-refractivity contribution in [1.82, 2.24) is 5.32 Å². The number of benzene rings is 1. The maximum absolute atomic E-state index is 12.0. The van der Waals surface area contributed by atoms with E-state index < -0.39 is 0 Å². The number of carbonyl (C=O) groups excluding carboxylic acids is 1. The Kier molecular flexibility index (Phi) is 4.23. The van der Waals surface area contributed by atoms with Gasteiger partial charge in [-0.1, -0.05) is 35.7 Å². The maximum atomic E-state index is 12.0. The highest BCUT2D eigenvalue weighted by molar-refractivity contribution is 6.35. The highest BCUT2D eigenvalue weighted by Crippen LogP contribution is 2.49. The van der Waals surface area contributed by atoms with Crippen LogP contribution in [-0.4, -0.2) is 5.91 Å². The van der Waals surface area contributed by atoms with Crippen LogP contribution in [0.25, 0.3) is 0 Å². The first-order valence-electron chi connectivity index (χ1n) is 7.32. The third kappa shape index (κ3) is 3.12. The van der Waals surface area contributed by atoms with Crippen LogP contribution < -0.4 is 5.32 Å². The lowest BCUT2D eigenvalue weighted by Crippen LogP contribution is -2.27. The Bertz CT molecular complexity index is 517. The van der Waals surface area contributed by atoms with Crippen LogP contribution >= 0.6 is 23.2 Å². The molecule has 0 heterocycles. The first-order valence-corrected chi connectivity index (χ1v) is 8.08. The summed E-state index contributed by atoms with van der Waals surface area (Å²) in [7, 11) is 0. The van der Waals surface area contributed by atoms with Gasteiger partial charge in [0.05, 0.1) is 0 Å². The molecule has 2 fully saturated rings. The van der Waals surface area contributed by atoms with E-state index in [9.17, 15) is 4.79 Å². The summed E-state index contributed by atoms with van der Waals surface area (Å²) in [6.07, 6.45) is 5.97. The maximum Gasteiger partial charge on any atom is 0.220 e. The number of hydrogen-bond acceptors (Lipinski definition) is 1. The second-order valence-electron chi connectivity index (χ2n) is 6.15. The molecule has 1 aromatic rings. The van der Waals surface area contributed by atoms with Gasteiger partial charge in [0.2, 0.25) is 5.91 Å². The molecule has 0 saturated heterocycles. The molecule has 2 saturated carbocycles. The molecule has 1 N–H and O–H groups in total. The minimum absolute atomic E-state index is 0.147. The molecule has 3 atom stereocenters. The summed E-state index contributed by atoms with van der Waals surface area (Å²) in [6.45, 7) is 0.482. The lowest BCUT2D eigenvalue weighted by atomic mass is 9.86. The van der Waals surface area contributed by atoms with Gasteiger partial charge in [-0.2, -0.15) is 0 Å². The van der Waals surface area contributed by atoms with E-state index in [2.05, 4.69) is 5.32 Å². The highest BCUT2D eigenvalue weighted by Gasteiger charge is 2.39. The van der Waals surface area contributed by atoms with Crippen molar-refractivity contribution < 1.29 is 4.79 Å². The standard InChI is InChI=1S/C16H19Cl2NO/c17-14-4-3-12(15(18)8-14)9-19-16(20)7-13-6-10-1-2-11(13)5-10/h3-4,8,10-11,13H,1-2,5-7,9H2,(H,19,20)/t10-,11+,13+/m1/s1. The summed E-state index contributed by atoms with van der Waals surface area (Å²) in [6, 6.07) is 5.37. The van der Waals surface area contributed by atoms with E-state index in [1.807, 2.05) is 6.07 Å². The molecule has 2 aliphatic rings. The quantitative estimate of drug-likeness (QED) is 0.875. The van der Waals surface area contributed by atoms with Gasteiger partial charge in [-0.25, -0.2) is 0 Å². The second-order valence-corrected chi connectivity index (χ2v) is 7.00. The van der Waals surface area contributed by atoms with Crippen LogP contribution in [0.15, 0.2) is 18.2 Å². The van der Waals surface area contributed by atoms with E-state index in [1.54, 1.807) is 12.1 Å². The number of fused-ring (bicyclic) bond motifs is 2. The smallest absolute Gasteiger partial charge is 0.220 e. The minimum atomic E-state index is 0.147. The molecule has 0 aliphatic heterocycles. The zero-order valence-corrected chi connectivity index (χ0v) is 12.9. The third-order valence-corrected chi connectivity index (χ3v) is 5.41. The molecule has 2 nitrogen and oxygen atoms in total. The van der Waals surface area contributed by atoms with Crippen molar-refractivity contribution in [2.75, 3.05) is 0 Å². The molecule has 108 valence electrons. The van der Waals surface area contributed by atoms with E-state index in [0.717, 1.165) is 17.4 Å². The van der Waals surface area contributed by atoms with Crippen molar-refractivity contribution in [2.45, 2.75) is 38.6 Å². The van der Waals surface area contributed by atoms with E-state index in [4.69, 9.17) is 23.2 Å². The van der Waals surface area contributed by atoms with Gasteiger partial charge in [0.25, 0.3) is 0 Å². The zero-order valence-electron chi connectivity index (χ0n) is 11.4. The van der Waals surface area contributed by atoms with Gasteiger partial charge in [0, 0.05) is 23.0 Å². The van der Waals surface area contributed by atoms with Crippen molar-refractivity contribution in [3.05, 3.63) is 33.8 Å². The number of hydrogen-bond donors (Lipinski definition) is 1. The van der Waals surface area contributed by atoms with Gasteiger partial charge >= 0.3 is 0 Å². The van der Waals surface area contributed by atoms with Crippen LogP contribution in [0.4, 0.5) is 0 Å². The summed E-state index contributed by atoms with van der Waals surface area (Å²) in [5, 5.41) is 4.21. The van der Waals surface area contributed by atoms with Crippen molar-refractivity contribution in [3.63, 3.8) is 0 Å². The fraction of sp³-hybridized carbons (Fsp3) is 0.562. The Morgan fingerprint density at radius 2 is 2.10 bits per heavy atom. The van der Waals surface area contributed by atoms with Crippen LogP contribution in [0, 0.1) is 17.8 Å². The van der Waals surface area contributed by atoms with Crippen LogP contribution in [-0.2, 0) is 11.3 Å². The predicted molar refractivity (Wildman–Crippen MR) is 81.9 cm³/mol. The molecule has 2 bridgehead atoms. The average molecular weight is 312 g/mol. The lowest BCUT2D eigenvalue weighted by molar-refractivity contribution is -0.122. The van der Waals surface area contributed by atoms with Gasteiger partial charge in [-0.15, -0.1) is 0 Å². The topological polar surface area (TPSA) is 29.1 Å². The van der Waals surface area contributed by atoms with Crippen LogP contribution in [0.2, 0.25) is 10.0 Å². The summed E-state index contributed by atoms with van der Waals surface area (Å²) in [5.41, 5.74) is 0.914. The van der Waals surface area contributed by atoms with Crippen LogP contribution in [0.5, 0.6) is 0 Å². The minimum Gasteiger partial charge on any atom is -0.352 e. The van der Waals surface area contributed by atoms with Gasteiger partial charge in [0.1, 0.15) is 0 Å². The number of amides is 1. The van der Waals surface area contributed by atoms with Gasteiger partial charge in [-0.3, -0.25) is 4.79 Å². The van der Waals surface area contributed by atoms with E-state index in [-0.39, 0.29) is 5.91 Å². The largest absolute Gasteiger partial charge is 0.352 e. The summed E-state index contributed by atoms with van der Waals surface area (Å²) in [4.78, 5) is 12.0. The second kappa shape index (κ2) is 5.95. The van der Waals surface area contributed by atoms with Crippen LogP contribution in [0.1, 0.15) is 37.7 Å². The van der Waals surface area contributed by atoms with Gasteiger partial charge in [0.15, 0.2) is 0 Å². The fourth-order valence-electron chi connectivity index (χ4n) is 3.80. The van der Waals surface area contributed by atoms with Crippen LogP contribution in [0.3, 0.4) is 0 Å². The molecule has 0 radical (unpaired) electrons. The first-order chi connectivity index (χ1) is 9.61. The monoisotopic (exact) mass is 311 g/mol. The molecule has 4 heteroatoms. The summed E-state index contributed by atoms with van der Waals surface area (Å²) >= 11 is 12.0. The zero-order chi connectivity index (χ0) is 14.1. The molecule has 1 aromatic carbocycles. The Morgan fingerprint density at radius 1 is 1.25 bits per heavy atom. The van der Waals surface area contributed by atoms with Crippen molar-refractivity contribution in [2.24, 2.45) is 17.8 Å². The van der Waals surface area contributed by atoms with Crippen molar-refractivity contribution in [1.29, 1.82) is 0 Å². The third-order valence-electron chi connectivity index (χ3n) is 4.82.